The minimum atomic E-state index is -2.36. The molecule has 0 aliphatic heterocycles. The van der Waals surface area contributed by atoms with E-state index in [4.69, 9.17) is 4.52 Å². The fraction of sp³-hybridized carbons (Fsp3) is 0.571. The third kappa shape index (κ3) is 3.48. The summed E-state index contributed by atoms with van der Waals surface area (Å²) in [5, 5.41) is 3.19. The number of hydrogen-bond donors (Lipinski definition) is 1. The zero-order chi connectivity index (χ0) is 15.3. The number of para-hydroxylation sites is 1. The van der Waals surface area contributed by atoms with Gasteiger partial charge in [0, 0.05) is 0 Å². The van der Waals surface area contributed by atoms with Crippen LogP contribution in [-0.2, 0) is 6.54 Å². The molecule has 0 heterocycles. The average molecular weight is 300 g/mol. The SMILES string of the molecule is CNCc1ccccc1O[PH](N(C)C)(N(C)C)N(C)C. The molecule has 0 unspecified atom stereocenters. The van der Waals surface area contributed by atoms with Gasteiger partial charge in [-0.1, -0.05) is 0 Å². The minimum absolute atomic E-state index is 0.801. The molecule has 0 fully saturated rings. The molecule has 5 nitrogen and oxygen atoms in total. The van der Waals surface area contributed by atoms with Crippen LogP contribution in [0.25, 0.3) is 0 Å². The number of nitrogens with one attached hydrogen (secondary N) is 1. The third-order valence-electron chi connectivity index (χ3n) is 3.33. The second-order valence-corrected chi connectivity index (χ2v) is 9.53. The maximum atomic E-state index is 6.55. The molecule has 20 heavy (non-hydrogen) atoms. The number of rotatable bonds is 7. The van der Waals surface area contributed by atoms with Crippen LogP contribution in [0.2, 0.25) is 0 Å². The van der Waals surface area contributed by atoms with Gasteiger partial charge in [0.1, 0.15) is 0 Å². The number of hydrogen-bond acceptors (Lipinski definition) is 5. The van der Waals surface area contributed by atoms with Crippen molar-refractivity contribution in [1.82, 2.24) is 19.3 Å². The molecule has 6 heteroatoms. The standard InChI is InChI=1S/C14H29N4OP/c1-15-12-13-10-8-9-11-14(13)19-20(16(2)3,17(4)5)18(6)7/h8-11,15,20H,12H2,1-7H3. The summed E-state index contributed by atoms with van der Waals surface area (Å²) in [6, 6.07) is 8.22. The normalized spacial score (nSPS) is 13.3. The van der Waals surface area contributed by atoms with Gasteiger partial charge in [-0.3, -0.25) is 0 Å². The molecule has 0 aliphatic rings. The molecule has 0 aromatic heterocycles. The molecule has 1 aromatic carbocycles. The van der Waals surface area contributed by atoms with Gasteiger partial charge in [-0.15, -0.1) is 0 Å². The van der Waals surface area contributed by atoms with Crippen molar-refractivity contribution in [2.24, 2.45) is 0 Å². The molecule has 0 saturated carbocycles. The summed E-state index contributed by atoms with van der Waals surface area (Å²) in [4.78, 5) is 0. The summed E-state index contributed by atoms with van der Waals surface area (Å²) in [6.07, 6.45) is 0. The molecule has 1 N–H and O–H groups in total. The molecule has 0 spiro atoms. The van der Waals surface area contributed by atoms with Crippen molar-refractivity contribution < 1.29 is 4.52 Å². The van der Waals surface area contributed by atoms with Crippen LogP contribution in [-0.4, -0.2) is 63.3 Å². The first kappa shape index (κ1) is 17.3. The predicted octanol–water partition coefficient (Wildman–Crippen LogP) is 1.88. The Morgan fingerprint density at radius 1 is 0.950 bits per heavy atom. The van der Waals surface area contributed by atoms with E-state index in [-0.39, 0.29) is 0 Å². The molecule has 0 aliphatic carbocycles. The summed E-state index contributed by atoms with van der Waals surface area (Å²) < 4.78 is 13.1. The van der Waals surface area contributed by atoms with Crippen LogP contribution >= 0.6 is 7.94 Å². The first-order valence-electron chi connectivity index (χ1n) is 6.80. The fourth-order valence-electron chi connectivity index (χ4n) is 2.56. The van der Waals surface area contributed by atoms with E-state index >= 15 is 0 Å². The van der Waals surface area contributed by atoms with Gasteiger partial charge in [-0.2, -0.15) is 0 Å². The van der Waals surface area contributed by atoms with Gasteiger partial charge in [0.05, 0.1) is 0 Å². The zero-order valence-corrected chi connectivity index (χ0v) is 14.8. The third-order valence-corrected chi connectivity index (χ3v) is 7.32. The van der Waals surface area contributed by atoms with Gasteiger partial charge in [-0.05, 0) is 0 Å². The van der Waals surface area contributed by atoms with E-state index in [0.717, 1.165) is 12.3 Å². The second-order valence-electron chi connectivity index (χ2n) is 5.50. The predicted molar refractivity (Wildman–Crippen MR) is 89.2 cm³/mol. The van der Waals surface area contributed by atoms with E-state index in [1.807, 2.05) is 25.2 Å². The van der Waals surface area contributed by atoms with Crippen molar-refractivity contribution in [2.45, 2.75) is 6.54 Å². The topological polar surface area (TPSA) is 31.0 Å². The van der Waals surface area contributed by atoms with E-state index in [2.05, 4.69) is 67.7 Å². The van der Waals surface area contributed by atoms with Gasteiger partial charge < -0.3 is 0 Å². The Hall–Kier alpha value is -0.710. The van der Waals surface area contributed by atoms with Crippen molar-refractivity contribution in [2.75, 3.05) is 49.3 Å². The Morgan fingerprint density at radius 2 is 1.45 bits per heavy atom. The van der Waals surface area contributed by atoms with Gasteiger partial charge in [-0.25, -0.2) is 0 Å². The van der Waals surface area contributed by atoms with E-state index in [9.17, 15) is 0 Å². The molecule has 0 amide bonds. The Balaban J connectivity index is 3.19. The quantitative estimate of drug-likeness (QED) is 0.777. The molecule has 116 valence electrons. The number of benzene rings is 1. The first-order valence-corrected chi connectivity index (χ1v) is 8.55. The van der Waals surface area contributed by atoms with E-state index < -0.39 is 7.94 Å². The fourth-order valence-corrected chi connectivity index (χ4v) is 6.00. The van der Waals surface area contributed by atoms with Gasteiger partial charge in [0.2, 0.25) is 0 Å². The van der Waals surface area contributed by atoms with Gasteiger partial charge >= 0.3 is 123 Å². The summed E-state index contributed by atoms with van der Waals surface area (Å²) in [7, 11) is 12.1. The molecule has 0 atom stereocenters. The van der Waals surface area contributed by atoms with Crippen LogP contribution in [0.3, 0.4) is 0 Å². The van der Waals surface area contributed by atoms with Crippen LogP contribution in [0.15, 0.2) is 24.3 Å². The molecule has 0 saturated heterocycles. The Kier molecular flexibility index (Phi) is 6.37. The van der Waals surface area contributed by atoms with Crippen molar-refractivity contribution in [3.8, 4) is 5.75 Å². The molecule has 0 radical (unpaired) electrons. The molecule has 1 aromatic rings. The Labute approximate surface area is 124 Å². The molecule has 0 bridgehead atoms. The number of nitrogens with zero attached hydrogens (tertiary/aromatic N) is 3. The molecular weight excluding hydrogens is 271 g/mol. The Bertz CT molecular complexity index is 402. The Morgan fingerprint density at radius 3 is 1.90 bits per heavy atom. The first-order chi connectivity index (χ1) is 9.36. The summed E-state index contributed by atoms with van der Waals surface area (Å²) in [6.45, 7) is 0.801. The van der Waals surface area contributed by atoms with Crippen molar-refractivity contribution in [3.05, 3.63) is 29.8 Å². The van der Waals surface area contributed by atoms with Gasteiger partial charge in [0.15, 0.2) is 0 Å². The average Bonchev–Trinajstić information content (AvgIpc) is 2.36. The summed E-state index contributed by atoms with van der Waals surface area (Å²) in [5.41, 5.74) is 1.18. The zero-order valence-electron chi connectivity index (χ0n) is 13.8. The van der Waals surface area contributed by atoms with Crippen LogP contribution in [0.1, 0.15) is 5.56 Å². The monoisotopic (exact) mass is 300 g/mol. The van der Waals surface area contributed by atoms with Gasteiger partial charge in [0.25, 0.3) is 0 Å². The summed E-state index contributed by atoms with van der Waals surface area (Å²) >= 11 is 0. The van der Waals surface area contributed by atoms with Crippen LogP contribution < -0.4 is 9.84 Å². The van der Waals surface area contributed by atoms with Crippen molar-refractivity contribution in [1.29, 1.82) is 0 Å². The second kappa shape index (κ2) is 7.34. The van der Waals surface area contributed by atoms with Crippen LogP contribution in [0.4, 0.5) is 0 Å². The van der Waals surface area contributed by atoms with Crippen LogP contribution in [0, 0.1) is 0 Å². The van der Waals surface area contributed by atoms with E-state index in [1.54, 1.807) is 0 Å². The van der Waals surface area contributed by atoms with E-state index in [0.29, 0.717) is 0 Å². The van der Waals surface area contributed by atoms with Crippen LogP contribution in [0.5, 0.6) is 5.75 Å². The van der Waals surface area contributed by atoms with Crippen molar-refractivity contribution >= 4 is 7.94 Å². The molecule has 1 rings (SSSR count). The molecular formula is C14H29N4OP. The maximum absolute atomic E-state index is 6.55. The van der Waals surface area contributed by atoms with E-state index in [1.165, 1.54) is 5.56 Å². The summed E-state index contributed by atoms with van der Waals surface area (Å²) in [5.74, 6) is 0.949. The van der Waals surface area contributed by atoms with Crippen molar-refractivity contribution in [3.63, 3.8) is 0 Å².